The molecule has 0 spiro atoms. The van der Waals surface area contributed by atoms with Crippen molar-refractivity contribution in [3.8, 4) is 0 Å². The predicted octanol–water partition coefficient (Wildman–Crippen LogP) is 4.20. The molecule has 1 nitrogen and oxygen atoms in total. The maximum absolute atomic E-state index is 13.6. The lowest BCUT2D eigenvalue weighted by molar-refractivity contribution is 0.429. The first-order chi connectivity index (χ1) is 7.18. The zero-order valence-electron chi connectivity index (χ0n) is 8.96. The molecule has 1 aliphatic carbocycles. The summed E-state index contributed by atoms with van der Waals surface area (Å²) in [6, 6.07) is 5.00. The van der Waals surface area contributed by atoms with Gasteiger partial charge in [0.2, 0.25) is 0 Å². The van der Waals surface area contributed by atoms with Gasteiger partial charge in [-0.25, -0.2) is 4.39 Å². The van der Waals surface area contributed by atoms with Gasteiger partial charge in [-0.1, -0.05) is 34.8 Å². The zero-order chi connectivity index (χ0) is 10.8. The van der Waals surface area contributed by atoms with E-state index in [1.807, 2.05) is 6.07 Å². The number of benzene rings is 1. The molecule has 1 aromatic carbocycles. The highest BCUT2D eigenvalue weighted by atomic mass is 79.9. The van der Waals surface area contributed by atoms with E-state index in [4.69, 9.17) is 5.73 Å². The van der Waals surface area contributed by atoms with Crippen molar-refractivity contribution >= 4 is 28.3 Å². The van der Waals surface area contributed by atoms with E-state index >= 15 is 0 Å². The minimum atomic E-state index is -0.191. The number of halogens is 3. The summed E-state index contributed by atoms with van der Waals surface area (Å²) >= 11 is 3.25. The highest BCUT2D eigenvalue weighted by molar-refractivity contribution is 9.10. The Morgan fingerprint density at radius 3 is 2.50 bits per heavy atom. The van der Waals surface area contributed by atoms with Crippen LogP contribution in [0.4, 0.5) is 4.39 Å². The monoisotopic (exact) mass is 307 g/mol. The summed E-state index contributed by atoms with van der Waals surface area (Å²) < 4.78 is 14.4. The first kappa shape index (κ1) is 13.9. The zero-order valence-corrected chi connectivity index (χ0v) is 11.4. The molecule has 90 valence electrons. The van der Waals surface area contributed by atoms with Crippen LogP contribution in [0, 0.1) is 11.7 Å². The minimum Gasteiger partial charge on any atom is -0.324 e. The van der Waals surface area contributed by atoms with Crippen molar-refractivity contribution < 1.29 is 4.39 Å². The Morgan fingerprint density at radius 1 is 1.31 bits per heavy atom. The Hall–Kier alpha value is -0.120. The van der Waals surface area contributed by atoms with Crippen LogP contribution in [-0.2, 0) is 0 Å². The second-order valence-electron chi connectivity index (χ2n) is 4.24. The van der Waals surface area contributed by atoms with Gasteiger partial charge in [0, 0.05) is 16.1 Å². The van der Waals surface area contributed by atoms with Crippen LogP contribution in [-0.4, -0.2) is 0 Å². The van der Waals surface area contributed by atoms with Gasteiger partial charge in [0.15, 0.2) is 0 Å². The van der Waals surface area contributed by atoms with E-state index in [9.17, 15) is 4.39 Å². The Labute approximate surface area is 110 Å². The lowest BCUT2D eigenvalue weighted by Gasteiger charge is -2.19. The molecule has 1 atom stereocenters. The Morgan fingerprint density at radius 2 is 1.94 bits per heavy atom. The molecule has 0 aliphatic heterocycles. The van der Waals surface area contributed by atoms with Crippen molar-refractivity contribution in [2.24, 2.45) is 11.7 Å². The third kappa shape index (κ3) is 2.96. The van der Waals surface area contributed by atoms with E-state index < -0.39 is 0 Å². The highest BCUT2D eigenvalue weighted by Crippen LogP contribution is 2.35. The van der Waals surface area contributed by atoms with E-state index in [0.29, 0.717) is 11.5 Å². The van der Waals surface area contributed by atoms with E-state index in [0.717, 1.165) is 17.3 Å². The molecule has 1 saturated carbocycles. The maximum Gasteiger partial charge on any atom is 0.129 e. The van der Waals surface area contributed by atoms with Gasteiger partial charge in [-0.2, -0.15) is 0 Å². The SMILES string of the molecule is Cl.N[C@@H](c1ccc(Br)cc1F)C1CCCC1. The number of nitrogens with two attached hydrogens (primary N) is 1. The molecule has 0 aromatic heterocycles. The number of hydrogen-bond acceptors (Lipinski definition) is 1. The fraction of sp³-hybridized carbons (Fsp3) is 0.500. The second-order valence-corrected chi connectivity index (χ2v) is 5.15. The third-order valence-electron chi connectivity index (χ3n) is 3.23. The number of hydrogen-bond donors (Lipinski definition) is 1. The van der Waals surface area contributed by atoms with Crippen LogP contribution >= 0.6 is 28.3 Å². The first-order valence-corrected chi connectivity index (χ1v) is 6.18. The molecule has 0 amide bonds. The molecule has 0 unspecified atom stereocenters. The normalized spacial score (nSPS) is 18.2. The molecule has 0 heterocycles. The van der Waals surface area contributed by atoms with Gasteiger partial charge >= 0.3 is 0 Å². The molecular weight excluding hydrogens is 292 g/mol. The molecule has 1 fully saturated rings. The summed E-state index contributed by atoms with van der Waals surface area (Å²) in [5, 5.41) is 0. The summed E-state index contributed by atoms with van der Waals surface area (Å²) in [4.78, 5) is 0. The molecule has 1 aromatic rings. The summed E-state index contributed by atoms with van der Waals surface area (Å²) in [5.41, 5.74) is 6.75. The van der Waals surface area contributed by atoms with Crippen molar-refractivity contribution in [1.29, 1.82) is 0 Å². The van der Waals surface area contributed by atoms with Crippen molar-refractivity contribution in [3.63, 3.8) is 0 Å². The lowest BCUT2D eigenvalue weighted by atomic mass is 9.92. The Kier molecular flexibility index (Phi) is 5.22. The van der Waals surface area contributed by atoms with Crippen molar-refractivity contribution in [2.75, 3.05) is 0 Å². The first-order valence-electron chi connectivity index (χ1n) is 5.39. The van der Waals surface area contributed by atoms with Crippen LogP contribution in [0.25, 0.3) is 0 Å². The van der Waals surface area contributed by atoms with E-state index in [-0.39, 0.29) is 24.3 Å². The molecular formula is C12H16BrClFN. The molecule has 2 N–H and O–H groups in total. The van der Waals surface area contributed by atoms with Crippen molar-refractivity contribution in [2.45, 2.75) is 31.7 Å². The summed E-state index contributed by atoms with van der Waals surface area (Å²) in [5.74, 6) is 0.268. The minimum absolute atomic E-state index is 0. The van der Waals surface area contributed by atoms with Gasteiger partial charge in [-0.05, 0) is 30.9 Å². The van der Waals surface area contributed by atoms with Crippen molar-refractivity contribution in [1.82, 2.24) is 0 Å². The van der Waals surface area contributed by atoms with Gasteiger partial charge in [-0.3, -0.25) is 0 Å². The summed E-state index contributed by atoms with van der Waals surface area (Å²) in [6.07, 6.45) is 4.74. The lowest BCUT2D eigenvalue weighted by Crippen LogP contribution is -2.20. The Bertz CT molecular complexity index is 353. The van der Waals surface area contributed by atoms with Crippen LogP contribution < -0.4 is 5.73 Å². The molecule has 0 bridgehead atoms. The largest absolute Gasteiger partial charge is 0.324 e. The van der Waals surface area contributed by atoms with Crippen LogP contribution in [0.3, 0.4) is 0 Å². The van der Waals surface area contributed by atoms with Crippen LogP contribution in [0.15, 0.2) is 22.7 Å². The van der Waals surface area contributed by atoms with Gasteiger partial charge in [0.25, 0.3) is 0 Å². The fourth-order valence-electron chi connectivity index (χ4n) is 2.34. The van der Waals surface area contributed by atoms with Gasteiger partial charge in [0.05, 0.1) is 0 Å². The standard InChI is InChI=1S/C12H15BrFN.ClH/c13-9-5-6-10(11(14)7-9)12(15)8-3-1-2-4-8;/h5-8,12H,1-4,15H2;1H/t12-;/m1./s1. The van der Waals surface area contributed by atoms with Crippen LogP contribution in [0.1, 0.15) is 37.3 Å². The number of rotatable bonds is 2. The average molecular weight is 309 g/mol. The van der Waals surface area contributed by atoms with E-state index in [1.54, 1.807) is 6.07 Å². The van der Waals surface area contributed by atoms with E-state index in [2.05, 4.69) is 15.9 Å². The molecule has 0 radical (unpaired) electrons. The van der Waals surface area contributed by atoms with E-state index in [1.165, 1.54) is 18.9 Å². The fourth-order valence-corrected chi connectivity index (χ4v) is 2.68. The molecule has 1 aliphatic rings. The second kappa shape index (κ2) is 5.99. The molecule has 0 saturated heterocycles. The third-order valence-corrected chi connectivity index (χ3v) is 3.72. The van der Waals surface area contributed by atoms with Crippen LogP contribution in [0.5, 0.6) is 0 Å². The van der Waals surface area contributed by atoms with Crippen LogP contribution in [0.2, 0.25) is 0 Å². The predicted molar refractivity (Wildman–Crippen MR) is 70.2 cm³/mol. The highest BCUT2D eigenvalue weighted by Gasteiger charge is 2.25. The van der Waals surface area contributed by atoms with Gasteiger partial charge < -0.3 is 5.73 Å². The molecule has 16 heavy (non-hydrogen) atoms. The topological polar surface area (TPSA) is 26.0 Å². The average Bonchev–Trinajstić information content (AvgIpc) is 2.69. The quantitative estimate of drug-likeness (QED) is 0.870. The van der Waals surface area contributed by atoms with Gasteiger partial charge in [0.1, 0.15) is 5.82 Å². The summed E-state index contributed by atoms with van der Waals surface area (Å²) in [6.45, 7) is 0. The molecule has 2 rings (SSSR count). The Balaban J connectivity index is 0.00000128. The maximum atomic E-state index is 13.6. The van der Waals surface area contributed by atoms with Crippen molar-refractivity contribution in [3.05, 3.63) is 34.1 Å². The summed E-state index contributed by atoms with van der Waals surface area (Å²) in [7, 11) is 0. The smallest absolute Gasteiger partial charge is 0.129 e. The molecule has 4 heteroatoms. The van der Waals surface area contributed by atoms with Gasteiger partial charge in [-0.15, -0.1) is 12.4 Å².